The number of esters is 1. The monoisotopic (exact) mass is 240 g/mol. The molecule has 2 rings (SSSR count). The number of hydrogen-bond donors (Lipinski definition) is 0. The predicted octanol–water partition coefficient (Wildman–Crippen LogP) is 3.79. The molecule has 0 aliphatic carbocycles. The number of rotatable bonds is 4. The van der Waals surface area contributed by atoms with Gasteiger partial charge in [-0.2, -0.15) is 0 Å². The van der Waals surface area contributed by atoms with Gasteiger partial charge in [-0.1, -0.05) is 55.5 Å². The van der Waals surface area contributed by atoms with E-state index in [0.29, 0.717) is 5.75 Å². The number of para-hydroxylation sites is 1. The highest BCUT2D eigenvalue weighted by Gasteiger charge is 2.20. The van der Waals surface area contributed by atoms with Crippen LogP contribution in [0.2, 0.25) is 0 Å². The largest absolute Gasteiger partial charge is 0.426 e. The highest BCUT2D eigenvalue weighted by molar-refractivity contribution is 5.80. The van der Waals surface area contributed by atoms with Crippen molar-refractivity contribution >= 4 is 5.97 Å². The van der Waals surface area contributed by atoms with E-state index in [2.05, 4.69) is 0 Å². The summed E-state index contributed by atoms with van der Waals surface area (Å²) in [7, 11) is 0. The van der Waals surface area contributed by atoms with Crippen LogP contribution in [0, 0.1) is 0 Å². The first-order valence-electron chi connectivity index (χ1n) is 6.13. The van der Waals surface area contributed by atoms with Crippen LogP contribution in [0.25, 0.3) is 0 Å². The number of benzene rings is 2. The van der Waals surface area contributed by atoms with E-state index in [0.717, 1.165) is 12.0 Å². The first-order chi connectivity index (χ1) is 8.81. The Morgan fingerprint density at radius 2 is 1.56 bits per heavy atom. The van der Waals surface area contributed by atoms with Crippen LogP contribution in [0.1, 0.15) is 24.8 Å². The van der Waals surface area contributed by atoms with Crippen molar-refractivity contribution in [3.8, 4) is 5.75 Å². The van der Waals surface area contributed by atoms with Gasteiger partial charge >= 0.3 is 5.97 Å². The third-order valence-electron chi connectivity index (χ3n) is 2.86. The van der Waals surface area contributed by atoms with Crippen molar-refractivity contribution < 1.29 is 9.53 Å². The van der Waals surface area contributed by atoms with Gasteiger partial charge in [0.25, 0.3) is 0 Å². The zero-order chi connectivity index (χ0) is 12.8. The zero-order valence-electron chi connectivity index (χ0n) is 10.4. The van der Waals surface area contributed by atoms with Crippen LogP contribution < -0.4 is 4.74 Å². The Morgan fingerprint density at radius 1 is 1.00 bits per heavy atom. The summed E-state index contributed by atoms with van der Waals surface area (Å²) in [5, 5.41) is 0. The summed E-state index contributed by atoms with van der Waals surface area (Å²) in [6, 6.07) is 18.9. The molecule has 0 aliphatic rings. The Kier molecular flexibility index (Phi) is 4.13. The number of carbonyl (C=O) groups is 1. The fourth-order valence-corrected chi connectivity index (χ4v) is 1.90. The minimum Gasteiger partial charge on any atom is -0.426 e. The third-order valence-corrected chi connectivity index (χ3v) is 2.86. The lowest BCUT2D eigenvalue weighted by atomic mass is 9.97. The van der Waals surface area contributed by atoms with E-state index in [-0.39, 0.29) is 11.9 Å². The molecule has 2 heteroatoms. The highest BCUT2D eigenvalue weighted by Crippen LogP contribution is 2.22. The molecular formula is C16H16O2. The lowest BCUT2D eigenvalue weighted by molar-refractivity contribution is -0.136. The van der Waals surface area contributed by atoms with Gasteiger partial charge in [0.1, 0.15) is 5.75 Å². The molecule has 1 atom stereocenters. The van der Waals surface area contributed by atoms with E-state index < -0.39 is 0 Å². The fraction of sp³-hybridized carbons (Fsp3) is 0.188. The Bertz CT molecular complexity index is 491. The summed E-state index contributed by atoms with van der Waals surface area (Å²) in [6.07, 6.45) is 0.732. The highest BCUT2D eigenvalue weighted by atomic mass is 16.5. The molecule has 2 aromatic rings. The van der Waals surface area contributed by atoms with Gasteiger partial charge in [-0.3, -0.25) is 4.79 Å². The molecule has 0 unspecified atom stereocenters. The van der Waals surface area contributed by atoms with Crippen molar-refractivity contribution in [1.82, 2.24) is 0 Å². The second kappa shape index (κ2) is 6.01. The summed E-state index contributed by atoms with van der Waals surface area (Å²) in [5.41, 5.74) is 1.00. The second-order valence-electron chi connectivity index (χ2n) is 4.11. The van der Waals surface area contributed by atoms with Gasteiger partial charge in [0, 0.05) is 0 Å². The molecule has 2 nitrogen and oxygen atoms in total. The predicted molar refractivity (Wildman–Crippen MR) is 71.6 cm³/mol. The standard InChI is InChI=1S/C16H16O2/c1-2-15(13-9-5-3-6-10-13)16(17)18-14-11-7-4-8-12-14/h3-12,15H,2H2,1H3/t15-/m0/s1. The van der Waals surface area contributed by atoms with Gasteiger partial charge in [-0.15, -0.1) is 0 Å². The Balaban J connectivity index is 2.12. The van der Waals surface area contributed by atoms with Crippen LogP contribution in [-0.2, 0) is 4.79 Å². The van der Waals surface area contributed by atoms with Crippen LogP contribution in [0.5, 0.6) is 5.75 Å². The molecule has 0 aromatic heterocycles. The molecule has 0 fully saturated rings. The van der Waals surface area contributed by atoms with Crippen molar-refractivity contribution in [1.29, 1.82) is 0 Å². The first-order valence-corrected chi connectivity index (χ1v) is 6.13. The summed E-state index contributed by atoms with van der Waals surface area (Å²) in [5.74, 6) is 0.193. The number of hydrogen-bond acceptors (Lipinski definition) is 2. The molecule has 0 radical (unpaired) electrons. The molecule has 0 N–H and O–H groups in total. The number of carbonyl (C=O) groups excluding carboxylic acids is 1. The molecule has 0 saturated heterocycles. The maximum atomic E-state index is 12.1. The van der Waals surface area contributed by atoms with Crippen LogP contribution in [0.4, 0.5) is 0 Å². The van der Waals surface area contributed by atoms with Crippen molar-refractivity contribution in [3.05, 3.63) is 66.2 Å². The summed E-state index contributed by atoms with van der Waals surface area (Å²) < 4.78 is 5.38. The maximum Gasteiger partial charge on any atom is 0.318 e. The number of ether oxygens (including phenoxy) is 1. The van der Waals surface area contributed by atoms with Crippen LogP contribution in [0.15, 0.2) is 60.7 Å². The summed E-state index contributed by atoms with van der Waals surface area (Å²) in [4.78, 5) is 12.1. The maximum absolute atomic E-state index is 12.1. The molecule has 0 spiro atoms. The van der Waals surface area contributed by atoms with Gasteiger partial charge in [-0.25, -0.2) is 0 Å². The molecule has 18 heavy (non-hydrogen) atoms. The summed E-state index contributed by atoms with van der Waals surface area (Å²) >= 11 is 0. The molecule has 0 amide bonds. The van der Waals surface area contributed by atoms with Crippen LogP contribution >= 0.6 is 0 Å². The average molecular weight is 240 g/mol. The van der Waals surface area contributed by atoms with E-state index in [9.17, 15) is 4.79 Å². The molecule has 0 saturated carbocycles. The first kappa shape index (κ1) is 12.4. The van der Waals surface area contributed by atoms with Crippen molar-refractivity contribution in [2.24, 2.45) is 0 Å². The Morgan fingerprint density at radius 3 is 2.11 bits per heavy atom. The van der Waals surface area contributed by atoms with Gasteiger partial charge in [-0.05, 0) is 24.1 Å². The molecule has 2 aromatic carbocycles. The van der Waals surface area contributed by atoms with Gasteiger partial charge in [0.15, 0.2) is 0 Å². The van der Waals surface area contributed by atoms with Crippen molar-refractivity contribution in [2.45, 2.75) is 19.3 Å². The van der Waals surface area contributed by atoms with Gasteiger partial charge in [0.2, 0.25) is 0 Å². The quantitative estimate of drug-likeness (QED) is 0.600. The van der Waals surface area contributed by atoms with Crippen molar-refractivity contribution in [2.75, 3.05) is 0 Å². The minimum absolute atomic E-state index is 0.199. The van der Waals surface area contributed by atoms with E-state index >= 15 is 0 Å². The van der Waals surface area contributed by atoms with E-state index in [1.165, 1.54) is 0 Å². The molecule has 0 aliphatic heterocycles. The third kappa shape index (κ3) is 2.98. The molecule has 0 heterocycles. The SMILES string of the molecule is CC[C@H](C(=O)Oc1ccccc1)c1ccccc1. The van der Waals surface area contributed by atoms with Crippen molar-refractivity contribution in [3.63, 3.8) is 0 Å². The minimum atomic E-state index is -0.202. The lowest BCUT2D eigenvalue weighted by Gasteiger charge is -2.14. The van der Waals surface area contributed by atoms with E-state index in [1.54, 1.807) is 12.1 Å². The molecular weight excluding hydrogens is 224 g/mol. The lowest BCUT2D eigenvalue weighted by Crippen LogP contribution is -2.18. The van der Waals surface area contributed by atoms with Crippen LogP contribution in [0.3, 0.4) is 0 Å². The van der Waals surface area contributed by atoms with E-state index in [4.69, 9.17) is 4.74 Å². The topological polar surface area (TPSA) is 26.3 Å². The van der Waals surface area contributed by atoms with Gasteiger partial charge in [0.05, 0.1) is 5.92 Å². The Hall–Kier alpha value is -2.09. The van der Waals surface area contributed by atoms with E-state index in [1.807, 2.05) is 55.5 Å². The Labute approximate surface area is 107 Å². The summed E-state index contributed by atoms with van der Waals surface area (Å²) in [6.45, 7) is 1.99. The smallest absolute Gasteiger partial charge is 0.318 e. The zero-order valence-corrected chi connectivity index (χ0v) is 10.4. The normalized spacial score (nSPS) is 11.8. The molecule has 92 valence electrons. The second-order valence-corrected chi connectivity index (χ2v) is 4.11. The fourth-order valence-electron chi connectivity index (χ4n) is 1.90. The van der Waals surface area contributed by atoms with Crippen LogP contribution in [-0.4, -0.2) is 5.97 Å². The average Bonchev–Trinajstić information content (AvgIpc) is 2.42. The molecule has 0 bridgehead atoms. The van der Waals surface area contributed by atoms with Gasteiger partial charge < -0.3 is 4.74 Å².